The second-order valence-corrected chi connectivity index (χ2v) is 7.35. The van der Waals surface area contributed by atoms with Crippen LogP contribution in [0, 0.1) is 6.92 Å². The van der Waals surface area contributed by atoms with Crippen LogP contribution in [0.25, 0.3) is 0 Å². The summed E-state index contributed by atoms with van der Waals surface area (Å²) in [7, 11) is 0. The van der Waals surface area contributed by atoms with E-state index < -0.39 is 0 Å². The zero-order valence-corrected chi connectivity index (χ0v) is 17.2. The van der Waals surface area contributed by atoms with Crippen molar-refractivity contribution in [3.63, 3.8) is 0 Å². The summed E-state index contributed by atoms with van der Waals surface area (Å²) in [6.45, 7) is 12.5. The molecule has 2 aromatic rings. The van der Waals surface area contributed by atoms with E-state index in [1.165, 1.54) is 23.2 Å². The minimum atomic E-state index is 0.551. The quantitative estimate of drug-likeness (QED) is 0.598. The van der Waals surface area contributed by atoms with Gasteiger partial charge in [-0.1, -0.05) is 35.9 Å². The maximum absolute atomic E-state index is 6.23. The maximum Gasteiger partial charge on any atom is 0.170 e. The molecule has 0 amide bonds. The van der Waals surface area contributed by atoms with Gasteiger partial charge in [0.05, 0.1) is 25.4 Å². The summed E-state index contributed by atoms with van der Waals surface area (Å²) >= 11 is 0. The van der Waals surface area contributed by atoms with Crippen LogP contribution in [0.1, 0.15) is 23.6 Å². The van der Waals surface area contributed by atoms with Crippen molar-refractivity contribution in [1.29, 1.82) is 0 Å². The van der Waals surface area contributed by atoms with Crippen LogP contribution in [0.2, 0.25) is 0 Å². The van der Waals surface area contributed by atoms with E-state index in [9.17, 15) is 0 Å². The Bertz CT molecular complexity index is 712. The van der Waals surface area contributed by atoms with Gasteiger partial charge < -0.3 is 24.4 Å². The molecule has 5 heteroatoms. The number of morpholine rings is 1. The third-order valence-electron chi connectivity index (χ3n) is 5.13. The Morgan fingerprint density at radius 1 is 1.04 bits per heavy atom. The summed E-state index contributed by atoms with van der Waals surface area (Å²) in [5.74, 6) is 1.71. The van der Waals surface area contributed by atoms with E-state index in [1.807, 2.05) is 13.0 Å². The molecule has 0 spiro atoms. The highest BCUT2D eigenvalue weighted by atomic mass is 16.5. The van der Waals surface area contributed by atoms with Crippen molar-refractivity contribution in [2.45, 2.75) is 27.0 Å². The molecule has 0 aliphatic carbocycles. The monoisotopic (exact) mass is 386 g/mol. The van der Waals surface area contributed by atoms with Gasteiger partial charge in [0.1, 0.15) is 39.3 Å². The fourth-order valence-corrected chi connectivity index (χ4v) is 3.47. The molecule has 0 aromatic heterocycles. The molecule has 1 saturated heterocycles. The molecule has 3 N–H and O–H groups in total. The van der Waals surface area contributed by atoms with E-state index in [1.54, 1.807) is 4.90 Å². The number of nitrogens with two attached hydrogens (primary N) is 1. The summed E-state index contributed by atoms with van der Waals surface area (Å²) in [6, 6.07) is 14.7. The first kappa shape index (κ1) is 20.6. The first-order valence-corrected chi connectivity index (χ1v) is 10.4. The molecule has 28 heavy (non-hydrogen) atoms. The third-order valence-corrected chi connectivity index (χ3v) is 5.13. The lowest BCUT2D eigenvalue weighted by Gasteiger charge is -2.23. The van der Waals surface area contributed by atoms with Crippen molar-refractivity contribution in [3.05, 3.63) is 59.2 Å². The molecule has 0 bridgehead atoms. The van der Waals surface area contributed by atoms with Crippen molar-refractivity contribution in [3.8, 4) is 11.5 Å². The molecule has 3 rings (SSSR count). The van der Waals surface area contributed by atoms with Gasteiger partial charge in [-0.05, 0) is 31.5 Å². The number of hydrogen-bond acceptors (Lipinski definition) is 3. The second-order valence-electron chi connectivity index (χ2n) is 7.35. The molecule has 152 valence electrons. The number of aryl methyl sites for hydroxylation is 1. The van der Waals surface area contributed by atoms with Gasteiger partial charge in [-0.3, -0.25) is 0 Å². The number of benzene rings is 2. The van der Waals surface area contributed by atoms with Gasteiger partial charge in [-0.2, -0.15) is 0 Å². The minimum Gasteiger partial charge on any atom is -0.490 e. The van der Waals surface area contributed by atoms with Gasteiger partial charge >= 0.3 is 0 Å². The summed E-state index contributed by atoms with van der Waals surface area (Å²) < 4.78 is 17.5. The average molecular weight is 387 g/mol. The lowest BCUT2D eigenvalue weighted by atomic mass is 10.1. The molecular formula is C23H34N2O3+2. The molecule has 1 heterocycles. The van der Waals surface area contributed by atoms with Crippen LogP contribution in [0.4, 0.5) is 0 Å². The van der Waals surface area contributed by atoms with Crippen molar-refractivity contribution in [1.82, 2.24) is 0 Å². The molecular weight excluding hydrogens is 352 g/mol. The third kappa shape index (κ3) is 6.23. The minimum absolute atomic E-state index is 0.551. The summed E-state index contributed by atoms with van der Waals surface area (Å²) in [5.41, 5.74) is 3.62. The first-order valence-electron chi connectivity index (χ1n) is 10.4. The molecule has 0 saturated carbocycles. The SMILES string of the molecule is CCOc1cccc(C[NH2+]CC[NH+]2CCOCC2)c1OCc1ccc(C)cc1. The molecule has 5 nitrogen and oxygen atoms in total. The highest BCUT2D eigenvalue weighted by molar-refractivity contribution is 5.46. The fraction of sp³-hybridized carbons (Fsp3) is 0.478. The van der Waals surface area contributed by atoms with Crippen LogP contribution in [0.15, 0.2) is 42.5 Å². The molecule has 1 aliphatic rings. The van der Waals surface area contributed by atoms with Gasteiger partial charge in [0, 0.05) is 0 Å². The topological polar surface area (TPSA) is 48.7 Å². The number of rotatable bonds is 10. The number of ether oxygens (including phenoxy) is 3. The van der Waals surface area contributed by atoms with Crippen LogP contribution in [-0.4, -0.2) is 46.0 Å². The van der Waals surface area contributed by atoms with E-state index in [0.717, 1.165) is 50.9 Å². The van der Waals surface area contributed by atoms with Crippen LogP contribution in [-0.2, 0) is 17.9 Å². The highest BCUT2D eigenvalue weighted by Crippen LogP contribution is 2.31. The van der Waals surface area contributed by atoms with Gasteiger partial charge in [0.2, 0.25) is 0 Å². The molecule has 1 fully saturated rings. The Balaban J connectivity index is 1.58. The fourth-order valence-electron chi connectivity index (χ4n) is 3.47. The normalized spacial score (nSPS) is 14.8. The van der Waals surface area contributed by atoms with Gasteiger partial charge in [-0.25, -0.2) is 0 Å². The van der Waals surface area contributed by atoms with Gasteiger partial charge in [0.25, 0.3) is 0 Å². The molecule has 2 aromatic carbocycles. The Labute approximate surface area is 168 Å². The largest absolute Gasteiger partial charge is 0.490 e. The predicted octanol–water partition coefficient (Wildman–Crippen LogP) is 0.951. The van der Waals surface area contributed by atoms with E-state index in [0.29, 0.717) is 13.2 Å². The highest BCUT2D eigenvalue weighted by Gasteiger charge is 2.16. The van der Waals surface area contributed by atoms with Crippen molar-refractivity contribution in [2.24, 2.45) is 0 Å². The van der Waals surface area contributed by atoms with E-state index in [4.69, 9.17) is 14.2 Å². The zero-order chi connectivity index (χ0) is 19.6. The number of hydrogen-bond donors (Lipinski definition) is 2. The average Bonchev–Trinajstić information content (AvgIpc) is 2.73. The Morgan fingerprint density at radius 3 is 2.57 bits per heavy atom. The number of nitrogens with one attached hydrogen (secondary N) is 1. The Morgan fingerprint density at radius 2 is 1.82 bits per heavy atom. The molecule has 1 aliphatic heterocycles. The van der Waals surface area contributed by atoms with E-state index >= 15 is 0 Å². The van der Waals surface area contributed by atoms with Crippen molar-refractivity contribution >= 4 is 0 Å². The van der Waals surface area contributed by atoms with Crippen molar-refractivity contribution in [2.75, 3.05) is 46.0 Å². The second kappa shape index (κ2) is 11.1. The van der Waals surface area contributed by atoms with Crippen LogP contribution in [0.5, 0.6) is 11.5 Å². The molecule has 0 unspecified atom stereocenters. The van der Waals surface area contributed by atoms with E-state index in [2.05, 4.69) is 48.6 Å². The van der Waals surface area contributed by atoms with Crippen molar-refractivity contribution < 1.29 is 24.4 Å². The van der Waals surface area contributed by atoms with Gasteiger partial charge in [-0.15, -0.1) is 0 Å². The van der Waals surface area contributed by atoms with Crippen LogP contribution >= 0.6 is 0 Å². The van der Waals surface area contributed by atoms with Crippen LogP contribution in [0.3, 0.4) is 0 Å². The summed E-state index contributed by atoms with van der Waals surface area (Å²) in [4.78, 5) is 1.64. The Hall–Kier alpha value is -2.08. The molecule has 0 radical (unpaired) electrons. The molecule has 0 atom stereocenters. The first-order chi connectivity index (χ1) is 13.8. The van der Waals surface area contributed by atoms with Gasteiger partial charge in [0.15, 0.2) is 11.5 Å². The standard InChI is InChI=1S/C23H32N2O3/c1-3-27-22-6-4-5-21(17-24-11-12-25-13-15-26-16-14-25)23(22)28-18-20-9-7-19(2)8-10-20/h4-10,24H,3,11-18H2,1-2H3/p+2. The smallest absolute Gasteiger partial charge is 0.170 e. The summed E-state index contributed by atoms with van der Waals surface area (Å²) in [6.07, 6.45) is 0. The Kier molecular flexibility index (Phi) is 8.15. The number of para-hydroxylation sites is 1. The lowest BCUT2D eigenvalue weighted by Crippen LogP contribution is -3.16. The predicted molar refractivity (Wildman–Crippen MR) is 110 cm³/mol. The zero-order valence-electron chi connectivity index (χ0n) is 17.2. The van der Waals surface area contributed by atoms with E-state index in [-0.39, 0.29) is 0 Å². The maximum atomic E-state index is 6.23. The number of quaternary nitrogens is 2. The van der Waals surface area contributed by atoms with Crippen LogP contribution < -0.4 is 19.7 Å². The summed E-state index contributed by atoms with van der Waals surface area (Å²) in [5, 5.41) is 2.37. The lowest BCUT2D eigenvalue weighted by molar-refractivity contribution is -0.920.